The van der Waals surface area contributed by atoms with Crippen LogP contribution in [0.25, 0.3) is 10.9 Å². The van der Waals surface area contributed by atoms with Gasteiger partial charge in [0.15, 0.2) is 0 Å². The van der Waals surface area contributed by atoms with E-state index in [0.717, 1.165) is 37.9 Å². The topological polar surface area (TPSA) is 80.6 Å². The summed E-state index contributed by atoms with van der Waals surface area (Å²) < 4.78 is 7.80. The lowest BCUT2D eigenvalue weighted by Crippen LogP contribution is -2.38. The van der Waals surface area contributed by atoms with Crippen LogP contribution in [0.3, 0.4) is 0 Å². The second-order valence-electron chi connectivity index (χ2n) is 8.96. The van der Waals surface area contributed by atoms with Crippen LogP contribution in [-0.2, 0) is 17.8 Å². The average molecular weight is 449 g/mol. The summed E-state index contributed by atoms with van der Waals surface area (Å²) in [7, 11) is 1.57. The number of carbonyl (C=O) groups excluding carboxylic acids is 1. The molecule has 1 amide bonds. The SMILES string of the molecule is CCCn1cc(Cc2ccc(C(=O)O)cc2OC)c2cc(C(C)C3CCCNC3=O)ccc21. The van der Waals surface area contributed by atoms with Gasteiger partial charge in [-0.15, -0.1) is 0 Å². The largest absolute Gasteiger partial charge is 0.496 e. The number of fused-ring (bicyclic) bond motifs is 1. The molecule has 174 valence electrons. The molecule has 1 aliphatic heterocycles. The molecule has 2 atom stereocenters. The van der Waals surface area contributed by atoms with Gasteiger partial charge in [0, 0.05) is 42.5 Å². The van der Waals surface area contributed by atoms with Crippen molar-refractivity contribution in [3.8, 4) is 5.75 Å². The summed E-state index contributed by atoms with van der Waals surface area (Å²) in [6.07, 6.45) is 5.80. The molecule has 0 saturated carbocycles. The van der Waals surface area contributed by atoms with Crippen molar-refractivity contribution in [3.05, 3.63) is 64.8 Å². The lowest BCUT2D eigenvalue weighted by Gasteiger charge is -2.27. The van der Waals surface area contributed by atoms with Crippen LogP contribution in [0, 0.1) is 5.92 Å². The highest BCUT2D eigenvalue weighted by Crippen LogP contribution is 2.34. The molecule has 1 aromatic heterocycles. The molecule has 0 radical (unpaired) electrons. The number of aryl methyl sites for hydroxylation is 1. The fourth-order valence-corrected chi connectivity index (χ4v) is 4.97. The van der Waals surface area contributed by atoms with Crippen molar-refractivity contribution in [2.24, 2.45) is 5.92 Å². The zero-order valence-corrected chi connectivity index (χ0v) is 19.6. The highest BCUT2D eigenvalue weighted by molar-refractivity contribution is 5.89. The molecule has 0 bridgehead atoms. The van der Waals surface area contributed by atoms with Crippen molar-refractivity contribution < 1.29 is 19.4 Å². The third kappa shape index (κ3) is 4.61. The number of nitrogens with zero attached hydrogens (tertiary/aromatic N) is 1. The van der Waals surface area contributed by atoms with Crippen LogP contribution < -0.4 is 10.1 Å². The standard InChI is InChI=1S/C27H32N2O4/c1-4-12-29-16-21(13-19-7-8-20(27(31)32)15-25(19)33-3)23-14-18(9-10-24(23)29)17(2)22-6-5-11-28-26(22)30/h7-10,14-17,22H,4-6,11-13H2,1-3H3,(H,28,30)(H,31,32). The highest BCUT2D eigenvalue weighted by atomic mass is 16.5. The van der Waals surface area contributed by atoms with Crippen molar-refractivity contribution in [2.75, 3.05) is 13.7 Å². The normalized spacial score (nSPS) is 17.1. The van der Waals surface area contributed by atoms with Crippen LogP contribution in [-0.4, -0.2) is 35.2 Å². The Balaban J connectivity index is 1.74. The molecule has 4 rings (SSSR count). The van der Waals surface area contributed by atoms with E-state index >= 15 is 0 Å². The number of carboxylic acid groups (broad SMARTS) is 1. The van der Waals surface area contributed by atoms with Crippen LogP contribution in [0.5, 0.6) is 5.75 Å². The molecule has 2 heterocycles. The maximum Gasteiger partial charge on any atom is 0.335 e. The zero-order valence-electron chi connectivity index (χ0n) is 19.6. The average Bonchev–Trinajstić information content (AvgIpc) is 3.15. The van der Waals surface area contributed by atoms with Crippen LogP contribution in [0.1, 0.15) is 66.1 Å². The number of carbonyl (C=O) groups is 2. The number of hydrogen-bond donors (Lipinski definition) is 2. The first-order valence-electron chi connectivity index (χ1n) is 11.7. The van der Waals surface area contributed by atoms with Crippen LogP contribution in [0.4, 0.5) is 0 Å². The van der Waals surface area contributed by atoms with Gasteiger partial charge in [-0.1, -0.05) is 26.0 Å². The molecule has 2 N–H and O–H groups in total. The highest BCUT2D eigenvalue weighted by Gasteiger charge is 2.29. The van der Waals surface area contributed by atoms with Crippen LogP contribution >= 0.6 is 0 Å². The number of amides is 1. The van der Waals surface area contributed by atoms with Crippen LogP contribution in [0.2, 0.25) is 0 Å². The van der Waals surface area contributed by atoms with Crippen molar-refractivity contribution >= 4 is 22.8 Å². The van der Waals surface area contributed by atoms with Gasteiger partial charge in [-0.05, 0) is 66.1 Å². The predicted molar refractivity (Wildman–Crippen MR) is 129 cm³/mol. The van der Waals surface area contributed by atoms with Gasteiger partial charge in [-0.2, -0.15) is 0 Å². The van der Waals surface area contributed by atoms with E-state index in [0.29, 0.717) is 12.2 Å². The third-order valence-electron chi connectivity index (χ3n) is 6.82. The second-order valence-corrected chi connectivity index (χ2v) is 8.96. The maximum absolute atomic E-state index is 12.4. The van der Waals surface area contributed by atoms with Crippen LogP contribution in [0.15, 0.2) is 42.6 Å². The predicted octanol–water partition coefficient (Wildman–Crippen LogP) is 4.98. The van der Waals surface area contributed by atoms with Gasteiger partial charge in [0.05, 0.1) is 12.7 Å². The van der Waals surface area contributed by atoms with Gasteiger partial charge in [0.2, 0.25) is 5.91 Å². The molecule has 1 saturated heterocycles. The van der Waals surface area contributed by atoms with Gasteiger partial charge in [0.1, 0.15) is 5.75 Å². The van der Waals surface area contributed by atoms with E-state index in [1.54, 1.807) is 19.2 Å². The van der Waals surface area contributed by atoms with Gasteiger partial charge >= 0.3 is 5.97 Å². The summed E-state index contributed by atoms with van der Waals surface area (Å²) >= 11 is 0. The Bertz CT molecular complexity index is 1180. The Morgan fingerprint density at radius 1 is 1.24 bits per heavy atom. The van der Waals surface area contributed by atoms with Gasteiger partial charge in [-0.3, -0.25) is 4.79 Å². The van der Waals surface area contributed by atoms with Gasteiger partial charge < -0.3 is 19.7 Å². The summed E-state index contributed by atoms with van der Waals surface area (Å²) in [6, 6.07) is 11.6. The fraction of sp³-hybridized carbons (Fsp3) is 0.407. The number of ether oxygens (including phenoxy) is 1. The minimum Gasteiger partial charge on any atom is -0.496 e. The molecule has 1 fully saturated rings. The molecule has 0 aliphatic carbocycles. The number of nitrogens with one attached hydrogen (secondary N) is 1. The number of piperidine rings is 1. The molecular formula is C27H32N2O4. The summed E-state index contributed by atoms with van der Waals surface area (Å²) in [4.78, 5) is 23.8. The van der Waals surface area contributed by atoms with E-state index in [9.17, 15) is 14.7 Å². The Morgan fingerprint density at radius 3 is 2.76 bits per heavy atom. The first kappa shape index (κ1) is 22.9. The molecule has 3 aromatic rings. The van der Waals surface area contributed by atoms with E-state index < -0.39 is 5.97 Å². The quantitative estimate of drug-likeness (QED) is 0.509. The maximum atomic E-state index is 12.4. The van der Waals surface area contributed by atoms with E-state index in [4.69, 9.17) is 4.74 Å². The molecule has 1 aliphatic rings. The van der Waals surface area contributed by atoms with E-state index in [1.807, 2.05) is 6.07 Å². The van der Waals surface area contributed by atoms with E-state index in [1.165, 1.54) is 22.0 Å². The molecule has 6 nitrogen and oxygen atoms in total. The van der Waals surface area contributed by atoms with Crippen molar-refractivity contribution in [1.29, 1.82) is 0 Å². The van der Waals surface area contributed by atoms with E-state index in [-0.39, 0.29) is 23.3 Å². The molecule has 0 spiro atoms. The first-order chi connectivity index (χ1) is 15.9. The number of benzene rings is 2. The summed E-state index contributed by atoms with van der Waals surface area (Å²) in [5.41, 5.74) is 4.68. The Hall–Kier alpha value is -3.28. The number of carboxylic acids is 1. The lowest BCUT2D eigenvalue weighted by molar-refractivity contribution is -0.127. The first-order valence-corrected chi connectivity index (χ1v) is 11.7. The van der Waals surface area contributed by atoms with Gasteiger partial charge in [-0.25, -0.2) is 4.79 Å². The summed E-state index contributed by atoms with van der Waals surface area (Å²) in [5.74, 6) is -0.0946. The van der Waals surface area contributed by atoms with Crippen molar-refractivity contribution in [2.45, 2.75) is 52.0 Å². The smallest absolute Gasteiger partial charge is 0.335 e. The number of aromatic carboxylic acids is 1. The van der Waals surface area contributed by atoms with Crippen molar-refractivity contribution in [3.63, 3.8) is 0 Å². The Kier molecular flexibility index (Phi) is 6.72. The fourth-order valence-electron chi connectivity index (χ4n) is 4.97. The third-order valence-corrected chi connectivity index (χ3v) is 6.82. The molecule has 2 aromatic carbocycles. The molecular weight excluding hydrogens is 416 g/mol. The molecule has 33 heavy (non-hydrogen) atoms. The second kappa shape index (κ2) is 9.69. The summed E-state index contributed by atoms with van der Waals surface area (Å²) in [5, 5.41) is 13.5. The zero-order chi connectivity index (χ0) is 23.5. The monoisotopic (exact) mass is 448 g/mol. The Labute approximate surface area is 194 Å². The van der Waals surface area contributed by atoms with E-state index in [2.05, 4.69) is 48.1 Å². The number of rotatable bonds is 8. The number of hydrogen-bond acceptors (Lipinski definition) is 3. The number of methoxy groups -OCH3 is 1. The lowest BCUT2D eigenvalue weighted by atomic mass is 9.82. The Morgan fingerprint density at radius 2 is 2.06 bits per heavy atom. The van der Waals surface area contributed by atoms with Gasteiger partial charge in [0.25, 0.3) is 0 Å². The van der Waals surface area contributed by atoms with Crippen molar-refractivity contribution in [1.82, 2.24) is 9.88 Å². The molecule has 2 unspecified atom stereocenters. The molecule has 6 heteroatoms. The minimum atomic E-state index is -0.968. The summed E-state index contributed by atoms with van der Waals surface area (Å²) in [6.45, 7) is 6.00. The number of aromatic nitrogens is 1. The minimum absolute atomic E-state index is 0.000958.